The van der Waals surface area contributed by atoms with E-state index >= 15 is 0 Å². The van der Waals surface area contributed by atoms with Crippen LogP contribution in [0.15, 0.2) is 16.7 Å². The second kappa shape index (κ2) is 4.97. The van der Waals surface area contributed by atoms with E-state index in [1.54, 1.807) is 12.3 Å². The van der Waals surface area contributed by atoms with E-state index in [0.29, 0.717) is 16.7 Å². The van der Waals surface area contributed by atoms with Crippen LogP contribution in [0.25, 0.3) is 0 Å². The third-order valence-electron chi connectivity index (χ3n) is 2.05. The van der Waals surface area contributed by atoms with Crippen LogP contribution in [0.2, 0.25) is 0 Å². The van der Waals surface area contributed by atoms with Crippen LogP contribution < -0.4 is 5.32 Å². The lowest BCUT2D eigenvalue weighted by Gasteiger charge is -1.97. The Hall–Kier alpha value is -1.21. The summed E-state index contributed by atoms with van der Waals surface area (Å²) < 4.78 is 0.836. The molecule has 2 aromatic heterocycles. The van der Waals surface area contributed by atoms with Gasteiger partial charge < -0.3 is 4.98 Å². The highest BCUT2D eigenvalue weighted by molar-refractivity contribution is 9.10. The van der Waals surface area contributed by atoms with E-state index in [4.69, 9.17) is 0 Å². The molecule has 2 aromatic rings. The quantitative estimate of drug-likeness (QED) is 0.914. The summed E-state index contributed by atoms with van der Waals surface area (Å²) in [5.74, 6) is 0.0972. The van der Waals surface area contributed by atoms with Crippen LogP contribution in [0, 0.1) is 0 Å². The first-order chi connectivity index (χ1) is 8.06. The molecule has 0 radical (unpaired) electrons. The van der Waals surface area contributed by atoms with E-state index in [0.717, 1.165) is 9.48 Å². The van der Waals surface area contributed by atoms with Gasteiger partial charge in [0.2, 0.25) is 5.13 Å². The van der Waals surface area contributed by atoms with Crippen LogP contribution in [-0.2, 0) is 0 Å². The molecule has 90 valence electrons. The number of H-pyrrole nitrogens is 1. The largest absolute Gasteiger partial charge is 0.356 e. The smallest absolute Gasteiger partial charge is 0.273 e. The molecule has 0 bridgehead atoms. The van der Waals surface area contributed by atoms with Crippen molar-refractivity contribution in [2.24, 2.45) is 0 Å². The molecule has 0 unspecified atom stereocenters. The molecule has 17 heavy (non-hydrogen) atoms. The number of halogens is 1. The number of hydrogen-bond acceptors (Lipinski definition) is 4. The Morgan fingerprint density at radius 3 is 2.82 bits per heavy atom. The van der Waals surface area contributed by atoms with Gasteiger partial charge in [-0.15, -0.1) is 10.2 Å². The molecule has 2 heterocycles. The van der Waals surface area contributed by atoms with Crippen LogP contribution in [0.3, 0.4) is 0 Å². The normalized spacial score (nSPS) is 10.8. The van der Waals surface area contributed by atoms with Crippen molar-refractivity contribution < 1.29 is 4.79 Å². The molecule has 0 aliphatic heterocycles. The third-order valence-corrected chi connectivity index (χ3v) is 3.64. The molecular weight excluding hydrogens is 304 g/mol. The van der Waals surface area contributed by atoms with Crippen LogP contribution in [0.4, 0.5) is 5.13 Å². The Kier molecular flexibility index (Phi) is 3.58. The number of nitrogens with zero attached hydrogens (tertiary/aromatic N) is 2. The summed E-state index contributed by atoms with van der Waals surface area (Å²) in [6.45, 7) is 4.07. The Labute approximate surface area is 111 Å². The van der Waals surface area contributed by atoms with Gasteiger partial charge in [0.1, 0.15) is 10.7 Å². The Bertz CT molecular complexity index is 534. The molecule has 1 amide bonds. The molecule has 0 spiro atoms. The molecule has 0 saturated carbocycles. The van der Waals surface area contributed by atoms with E-state index in [-0.39, 0.29) is 5.91 Å². The fraction of sp³-hybridized carbons (Fsp3) is 0.300. The topological polar surface area (TPSA) is 70.7 Å². The van der Waals surface area contributed by atoms with Gasteiger partial charge in [-0.25, -0.2) is 0 Å². The fourth-order valence-corrected chi connectivity index (χ4v) is 2.27. The number of nitrogens with one attached hydrogen (secondary N) is 2. The van der Waals surface area contributed by atoms with Crippen LogP contribution in [0.1, 0.15) is 35.3 Å². The maximum Gasteiger partial charge on any atom is 0.273 e. The molecule has 2 N–H and O–H groups in total. The van der Waals surface area contributed by atoms with Gasteiger partial charge >= 0.3 is 0 Å². The number of aromatic amines is 1. The van der Waals surface area contributed by atoms with Gasteiger partial charge in [0.15, 0.2) is 0 Å². The first-order valence-corrected chi connectivity index (χ1v) is 6.66. The Morgan fingerprint density at radius 2 is 2.29 bits per heavy atom. The highest BCUT2D eigenvalue weighted by Gasteiger charge is 2.12. The van der Waals surface area contributed by atoms with Crippen molar-refractivity contribution >= 4 is 38.3 Å². The van der Waals surface area contributed by atoms with Crippen molar-refractivity contribution in [3.63, 3.8) is 0 Å². The summed E-state index contributed by atoms with van der Waals surface area (Å²) in [6, 6.07) is 1.71. The Balaban J connectivity index is 2.07. The monoisotopic (exact) mass is 314 g/mol. The van der Waals surface area contributed by atoms with E-state index in [1.807, 2.05) is 13.8 Å². The summed E-state index contributed by atoms with van der Waals surface area (Å²) in [5.41, 5.74) is 0.484. The summed E-state index contributed by atoms with van der Waals surface area (Å²) in [5, 5.41) is 12.1. The van der Waals surface area contributed by atoms with E-state index < -0.39 is 0 Å². The second-order valence-electron chi connectivity index (χ2n) is 3.79. The van der Waals surface area contributed by atoms with Gasteiger partial charge in [0, 0.05) is 16.6 Å². The molecular formula is C10H11BrN4OS. The number of hydrogen-bond donors (Lipinski definition) is 2. The number of amides is 1. The zero-order valence-electron chi connectivity index (χ0n) is 9.32. The average Bonchev–Trinajstić information content (AvgIpc) is 2.86. The Morgan fingerprint density at radius 1 is 1.53 bits per heavy atom. The van der Waals surface area contributed by atoms with Crippen LogP contribution in [0.5, 0.6) is 0 Å². The highest BCUT2D eigenvalue weighted by Crippen LogP contribution is 2.22. The molecule has 0 aliphatic rings. The van der Waals surface area contributed by atoms with Crippen LogP contribution >= 0.6 is 27.3 Å². The summed E-state index contributed by atoms with van der Waals surface area (Å²) in [4.78, 5) is 14.6. The molecule has 0 atom stereocenters. The van der Waals surface area contributed by atoms with E-state index in [2.05, 4.69) is 36.4 Å². The lowest BCUT2D eigenvalue weighted by Crippen LogP contribution is -2.11. The lowest BCUT2D eigenvalue weighted by atomic mass is 10.2. The van der Waals surface area contributed by atoms with Crippen LogP contribution in [-0.4, -0.2) is 21.1 Å². The van der Waals surface area contributed by atoms with Crippen molar-refractivity contribution in [3.8, 4) is 0 Å². The number of aromatic nitrogens is 3. The number of anilines is 1. The predicted molar refractivity (Wildman–Crippen MR) is 70.4 cm³/mol. The van der Waals surface area contributed by atoms with E-state index in [9.17, 15) is 4.79 Å². The van der Waals surface area contributed by atoms with Gasteiger partial charge in [-0.3, -0.25) is 10.1 Å². The highest BCUT2D eigenvalue weighted by atomic mass is 79.9. The van der Waals surface area contributed by atoms with E-state index in [1.165, 1.54) is 11.3 Å². The van der Waals surface area contributed by atoms with Crippen molar-refractivity contribution in [1.29, 1.82) is 0 Å². The molecule has 2 rings (SSSR count). The zero-order valence-corrected chi connectivity index (χ0v) is 11.7. The maximum absolute atomic E-state index is 11.8. The molecule has 0 fully saturated rings. The lowest BCUT2D eigenvalue weighted by molar-refractivity contribution is 0.102. The first-order valence-electron chi connectivity index (χ1n) is 5.05. The van der Waals surface area contributed by atoms with Gasteiger partial charge in [0.25, 0.3) is 5.91 Å². The molecule has 5 nitrogen and oxygen atoms in total. The minimum atomic E-state index is -0.220. The molecule has 0 saturated heterocycles. The first kappa shape index (κ1) is 12.3. The number of rotatable bonds is 3. The predicted octanol–water partition coefficient (Wildman–Crippen LogP) is 3.00. The second-order valence-corrected chi connectivity index (χ2v) is 5.71. The van der Waals surface area contributed by atoms with Gasteiger partial charge in [-0.05, 0) is 22.0 Å². The summed E-state index contributed by atoms with van der Waals surface area (Å²) in [7, 11) is 0. The number of carbonyl (C=O) groups is 1. The third kappa shape index (κ3) is 2.92. The number of carbonyl (C=O) groups excluding carboxylic acids is 1. The average molecular weight is 315 g/mol. The SMILES string of the molecule is CC(C)c1nnc(NC(=O)c2cc(Br)c[nH]2)s1. The molecule has 0 aliphatic carbocycles. The minimum absolute atomic E-state index is 0.220. The summed E-state index contributed by atoms with van der Waals surface area (Å²) in [6.07, 6.45) is 1.70. The fourth-order valence-electron chi connectivity index (χ4n) is 1.18. The van der Waals surface area contributed by atoms with Crippen molar-refractivity contribution in [1.82, 2.24) is 15.2 Å². The standard InChI is InChI=1S/C10H11BrN4OS/c1-5(2)9-14-15-10(17-9)13-8(16)7-3-6(11)4-12-7/h3-5,12H,1-2H3,(H,13,15,16). The summed E-state index contributed by atoms with van der Waals surface area (Å²) >= 11 is 4.66. The van der Waals surface area contributed by atoms with Crippen molar-refractivity contribution in [3.05, 3.63) is 27.4 Å². The van der Waals surface area contributed by atoms with Gasteiger partial charge in [0.05, 0.1) is 0 Å². The zero-order chi connectivity index (χ0) is 12.4. The minimum Gasteiger partial charge on any atom is -0.356 e. The van der Waals surface area contributed by atoms with Crippen molar-refractivity contribution in [2.45, 2.75) is 19.8 Å². The van der Waals surface area contributed by atoms with Gasteiger partial charge in [-0.2, -0.15) is 0 Å². The van der Waals surface area contributed by atoms with Gasteiger partial charge in [-0.1, -0.05) is 25.2 Å². The molecule has 7 heteroatoms. The van der Waals surface area contributed by atoms with Crippen molar-refractivity contribution in [2.75, 3.05) is 5.32 Å². The molecule has 0 aromatic carbocycles. The maximum atomic E-state index is 11.8.